The zero-order chi connectivity index (χ0) is 11.1. The third kappa shape index (κ3) is 2.09. The minimum Gasteiger partial charge on any atom is -0.0891 e. The van der Waals surface area contributed by atoms with E-state index in [0.29, 0.717) is 0 Å². The zero-order valence-electron chi connectivity index (χ0n) is 10.5. The number of rotatable bonds is 0. The highest BCUT2D eigenvalue weighted by molar-refractivity contribution is 9.09. The summed E-state index contributed by atoms with van der Waals surface area (Å²) in [6, 6.07) is 0. The first-order valence-corrected chi connectivity index (χ1v) is 8.29. The second-order valence-corrected chi connectivity index (χ2v) is 8.05. The number of hydrogen-bond donors (Lipinski definition) is 0. The molecule has 92 valence electrons. The van der Waals surface area contributed by atoms with Crippen LogP contribution in [0, 0.1) is 29.6 Å². The molecular weight excluding hydrogens is 260 g/mol. The summed E-state index contributed by atoms with van der Waals surface area (Å²) < 4.78 is 0. The van der Waals surface area contributed by atoms with Gasteiger partial charge in [-0.1, -0.05) is 29.3 Å². The van der Waals surface area contributed by atoms with E-state index in [1.54, 1.807) is 25.7 Å². The Kier molecular flexibility index (Phi) is 3.35. The quantitative estimate of drug-likeness (QED) is 0.549. The second-order valence-electron chi connectivity index (χ2n) is 6.75. The van der Waals surface area contributed by atoms with Gasteiger partial charge in [-0.15, -0.1) is 0 Å². The van der Waals surface area contributed by atoms with Gasteiger partial charge in [0.15, 0.2) is 0 Å². The monoisotopic (exact) mass is 284 g/mol. The van der Waals surface area contributed by atoms with Crippen molar-refractivity contribution in [2.24, 2.45) is 29.6 Å². The summed E-state index contributed by atoms with van der Waals surface area (Å²) in [6.45, 7) is 2.47. The molecule has 3 aliphatic rings. The lowest BCUT2D eigenvalue weighted by Gasteiger charge is -2.50. The Bertz CT molecular complexity index is 224. The SMILES string of the molecule is CC1CCC2C(CCC3CC(Br)CCC32)C1. The maximum absolute atomic E-state index is 3.85. The Labute approximate surface area is 109 Å². The molecule has 0 heterocycles. The van der Waals surface area contributed by atoms with Gasteiger partial charge in [0.05, 0.1) is 0 Å². The fraction of sp³-hybridized carbons (Fsp3) is 1.00. The molecule has 0 nitrogen and oxygen atoms in total. The molecule has 0 saturated heterocycles. The van der Waals surface area contributed by atoms with Crippen molar-refractivity contribution in [1.29, 1.82) is 0 Å². The first kappa shape index (κ1) is 11.6. The molecule has 3 saturated carbocycles. The van der Waals surface area contributed by atoms with Crippen molar-refractivity contribution >= 4 is 15.9 Å². The summed E-state index contributed by atoms with van der Waals surface area (Å²) in [4.78, 5) is 0.841. The van der Waals surface area contributed by atoms with Crippen LogP contribution in [-0.4, -0.2) is 4.83 Å². The lowest BCUT2D eigenvalue weighted by Crippen LogP contribution is -2.41. The van der Waals surface area contributed by atoms with E-state index in [-0.39, 0.29) is 0 Å². The highest BCUT2D eigenvalue weighted by Crippen LogP contribution is 2.52. The molecular formula is C15H25Br. The van der Waals surface area contributed by atoms with Crippen LogP contribution in [0.5, 0.6) is 0 Å². The molecule has 0 amide bonds. The van der Waals surface area contributed by atoms with Crippen molar-refractivity contribution in [3.63, 3.8) is 0 Å². The van der Waals surface area contributed by atoms with E-state index in [9.17, 15) is 0 Å². The van der Waals surface area contributed by atoms with E-state index in [0.717, 1.165) is 34.4 Å². The molecule has 0 aromatic rings. The summed E-state index contributed by atoms with van der Waals surface area (Å²) in [7, 11) is 0. The van der Waals surface area contributed by atoms with E-state index in [1.807, 2.05) is 0 Å². The molecule has 3 aliphatic carbocycles. The van der Waals surface area contributed by atoms with Gasteiger partial charge in [0, 0.05) is 4.83 Å². The molecule has 6 unspecified atom stereocenters. The molecule has 0 spiro atoms. The van der Waals surface area contributed by atoms with Gasteiger partial charge in [0.1, 0.15) is 0 Å². The van der Waals surface area contributed by atoms with Gasteiger partial charge < -0.3 is 0 Å². The standard InChI is InChI=1S/C15H25Br/c1-10-2-6-14-11(8-10)3-4-12-9-13(16)5-7-15(12)14/h10-15H,2-9H2,1H3. The van der Waals surface area contributed by atoms with Gasteiger partial charge in [-0.3, -0.25) is 0 Å². The largest absolute Gasteiger partial charge is 0.0891 e. The third-order valence-electron chi connectivity index (χ3n) is 5.74. The van der Waals surface area contributed by atoms with Gasteiger partial charge in [-0.25, -0.2) is 0 Å². The molecule has 0 radical (unpaired) electrons. The molecule has 3 rings (SSSR count). The molecule has 6 atom stereocenters. The molecule has 1 heteroatoms. The van der Waals surface area contributed by atoms with E-state index in [4.69, 9.17) is 0 Å². The van der Waals surface area contributed by atoms with Crippen LogP contribution >= 0.6 is 15.9 Å². The molecule has 0 aliphatic heterocycles. The Hall–Kier alpha value is 0.480. The van der Waals surface area contributed by atoms with Crippen molar-refractivity contribution in [3.05, 3.63) is 0 Å². The van der Waals surface area contributed by atoms with E-state index < -0.39 is 0 Å². The molecule has 16 heavy (non-hydrogen) atoms. The minimum atomic E-state index is 0.841. The van der Waals surface area contributed by atoms with Crippen molar-refractivity contribution in [1.82, 2.24) is 0 Å². The third-order valence-corrected chi connectivity index (χ3v) is 6.57. The van der Waals surface area contributed by atoms with Gasteiger partial charge >= 0.3 is 0 Å². The average Bonchev–Trinajstić information content (AvgIpc) is 2.28. The summed E-state index contributed by atoms with van der Waals surface area (Å²) in [5.41, 5.74) is 0. The van der Waals surface area contributed by atoms with Gasteiger partial charge in [-0.05, 0) is 74.5 Å². The first-order chi connectivity index (χ1) is 7.74. The Morgan fingerprint density at radius 2 is 1.38 bits per heavy atom. The predicted molar refractivity (Wildman–Crippen MR) is 72.8 cm³/mol. The predicted octanol–water partition coefficient (Wildman–Crippen LogP) is 5.01. The zero-order valence-corrected chi connectivity index (χ0v) is 12.1. The van der Waals surface area contributed by atoms with Crippen LogP contribution in [0.4, 0.5) is 0 Å². The molecule has 0 bridgehead atoms. The summed E-state index contributed by atoms with van der Waals surface area (Å²) in [5.74, 6) is 5.44. The van der Waals surface area contributed by atoms with Crippen LogP contribution in [0.1, 0.15) is 58.3 Å². The lowest BCUT2D eigenvalue weighted by molar-refractivity contribution is 0.0163. The van der Waals surface area contributed by atoms with E-state index in [2.05, 4.69) is 22.9 Å². The van der Waals surface area contributed by atoms with Gasteiger partial charge in [0.2, 0.25) is 0 Å². The number of halogens is 1. The van der Waals surface area contributed by atoms with Crippen LogP contribution in [-0.2, 0) is 0 Å². The topological polar surface area (TPSA) is 0 Å². The molecule has 0 aromatic heterocycles. The van der Waals surface area contributed by atoms with Gasteiger partial charge in [0.25, 0.3) is 0 Å². The van der Waals surface area contributed by atoms with Crippen molar-refractivity contribution in [2.75, 3.05) is 0 Å². The van der Waals surface area contributed by atoms with E-state index in [1.165, 1.54) is 25.7 Å². The summed E-state index contributed by atoms with van der Waals surface area (Å²) in [5, 5.41) is 0. The number of fused-ring (bicyclic) bond motifs is 3. The van der Waals surface area contributed by atoms with Crippen LogP contribution in [0.15, 0.2) is 0 Å². The smallest absolute Gasteiger partial charge is 0.0148 e. The fourth-order valence-electron chi connectivity index (χ4n) is 4.97. The highest BCUT2D eigenvalue weighted by atomic mass is 79.9. The Morgan fingerprint density at radius 3 is 2.12 bits per heavy atom. The van der Waals surface area contributed by atoms with Crippen molar-refractivity contribution < 1.29 is 0 Å². The lowest BCUT2D eigenvalue weighted by atomic mass is 9.57. The maximum Gasteiger partial charge on any atom is 0.0148 e. The Morgan fingerprint density at radius 1 is 0.750 bits per heavy atom. The number of hydrogen-bond acceptors (Lipinski definition) is 0. The number of alkyl halides is 1. The van der Waals surface area contributed by atoms with Crippen molar-refractivity contribution in [2.45, 2.75) is 63.1 Å². The van der Waals surface area contributed by atoms with Crippen LogP contribution in [0.3, 0.4) is 0 Å². The summed E-state index contributed by atoms with van der Waals surface area (Å²) in [6.07, 6.45) is 12.2. The van der Waals surface area contributed by atoms with Crippen LogP contribution in [0.25, 0.3) is 0 Å². The van der Waals surface area contributed by atoms with E-state index >= 15 is 0 Å². The average molecular weight is 285 g/mol. The molecule has 3 fully saturated rings. The highest BCUT2D eigenvalue weighted by Gasteiger charge is 2.43. The minimum absolute atomic E-state index is 0.841. The maximum atomic E-state index is 3.85. The second kappa shape index (κ2) is 4.63. The van der Waals surface area contributed by atoms with Crippen molar-refractivity contribution in [3.8, 4) is 0 Å². The molecule has 0 N–H and O–H groups in total. The van der Waals surface area contributed by atoms with Crippen LogP contribution < -0.4 is 0 Å². The van der Waals surface area contributed by atoms with Crippen LogP contribution in [0.2, 0.25) is 0 Å². The summed E-state index contributed by atoms with van der Waals surface area (Å²) >= 11 is 3.85. The Balaban J connectivity index is 1.71. The van der Waals surface area contributed by atoms with Gasteiger partial charge in [-0.2, -0.15) is 0 Å². The first-order valence-electron chi connectivity index (χ1n) is 7.38. The fourth-order valence-corrected chi connectivity index (χ4v) is 5.72. The molecule has 0 aromatic carbocycles. The normalized spacial score (nSPS) is 52.9.